The number of methoxy groups -OCH3 is 1. The average molecular weight is 227 g/mol. The number of rotatable bonds is 3. The van der Waals surface area contributed by atoms with E-state index >= 15 is 0 Å². The Kier molecular flexibility index (Phi) is 3.23. The average Bonchev–Trinajstić information content (AvgIpc) is 2.88. The van der Waals surface area contributed by atoms with Gasteiger partial charge in [-0.05, 0) is 13.0 Å². The smallest absolute Gasteiger partial charge is 0.338 e. The summed E-state index contributed by atoms with van der Waals surface area (Å²) in [7, 11) is 1.38. The van der Waals surface area contributed by atoms with Crippen molar-refractivity contribution in [2.75, 3.05) is 20.2 Å². The van der Waals surface area contributed by atoms with Crippen molar-refractivity contribution in [3.8, 4) is 5.06 Å². The Morgan fingerprint density at radius 3 is 3.20 bits per heavy atom. The van der Waals surface area contributed by atoms with Crippen LogP contribution in [0.3, 0.4) is 0 Å². The van der Waals surface area contributed by atoms with Crippen LogP contribution in [0.25, 0.3) is 0 Å². The van der Waals surface area contributed by atoms with Crippen molar-refractivity contribution in [2.45, 2.75) is 12.5 Å². The van der Waals surface area contributed by atoms with Crippen molar-refractivity contribution in [2.24, 2.45) is 0 Å². The lowest BCUT2D eigenvalue weighted by molar-refractivity contribution is 0.0601. The van der Waals surface area contributed by atoms with Gasteiger partial charge in [-0.1, -0.05) is 0 Å². The SMILES string of the molecule is COC(=O)c1csc(OC2CCNC2)c1. The molecule has 0 spiro atoms. The van der Waals surface area contributed by atoms with Gasteiger partial charge in [0, 0.05) is 18.0 Å². The van der Waals surface area contributed by atoms with Crippen LogP contribution in [-0.2, 0) is 4.74 Å². The summed E-state index contributed by atoms with van der Waals surface area (Å²) in [4.78, 5) is 11.2. The second-order valence-corrected chi connectivity index (χ2v) is 4.25. The minimum atomic E-state index is -0.314. The lowest BCUT2D eigenvalue weighted by Gasteiger charge is -2.09. The first kappa shape index (κ1) is 10.4. The number of thiophene rings is 1. The number of carbonyl (C=O) groups excluding carboxylic acids is 1. The summed E-state index contributed by atoms with van der Waals surface area (Å²) in [6.07, 6.45) is 1.25. The molecule has 0 radical (unpaired) electrons. The van der Waals surface area contributed by atoms with Crippen LogP contribution in [0.15, 0.2) is 11.4 Å². The molecule has 0 aromatic carbocycles. The molecule has 1 N–H and O–H groups in total. The summed E-state index contributed by atoms with van der Waals surface area (Å²) >= 11 is 1.43. The van der Waals surface area contributed by atoms with Crippen molar-refractivity contribution in [1.82, 2.24) is 5.32 Å². The number of nitrogens with one attached hydrogen (secondary N) is 1. The fourth-order valence-corrected chi connectivity index (χ4v) is 2.29. The third kappa shape index (κ3) is 2.49. The molecule has 2 heterocycles. The highest BCUT2D eigenvalue weighted by molar-refractivity contribution is 7.12. The number of carbonyl (C=O) groups is 1. The highest BCUT2D eigenvalue weighted by atomic mass is 32.1. The number of ether oxygens (including phenoxy) is 2. The van der Waals surface area contributed by atoms with Crippen molar-refractivity contribution in [3.05, 3.63) is 17.0 Å². The van der Waals surface area contributed by atoms with E-state index < -0.39 is 0 Å². The zero-order chi connectivity index (χ0) is 10.7. The minimum Gasteiger partial charge on any atom is -0.479 e. The second kappa shape index (κ2) is 4.63. The first-order valence-electron chi connectivity index (χ1n) is 4.84. The summed E-state index contributed by atoms with van der Waals surface area (Å²) in [6, 6.07) is 1.73. The molecule has 1 aromatic rings. The second-order valence-electron chi connectivity index (χ2n) is 3.38. The van der Waals surface area contributed by atoms with Crippen molar-refractivity contribution >= 4 is 17.3 Å². The van der Waals surface area contributed by atoms with Crippen LogP contribution in [0.4, 0.5) is 0 Å². The molecule has 0 amide bonds. The first-order valence-corrected chi connectivity index (χ1v) is 5.72. The van der Waals surface area contributed by atoms with Gasteiger partial charge in [0.05, 0.1) is 12.7 Å². The Balaban J connectivity index is 1.97. The maximum Gasteiger partial charge on any atom is 0.338 e. The maximum absolute atomic E-state index is 11.2. The molecule has 1 aliphatic rings. The molecule has 5 heteroatoms. The first-order chi connectivity index (χ1) is 7.29. The quantitative estimate of drug-likeness (QED) is 0.790. The molecule has 1 fully saturated rings. The monoisotopic (exact) mass is 227 g/mol. The molecule has 0 saturated carbocycles. The molecule has 0 bridgehead atoms. The van der Waals surface area contributed by atoms with E-state index in [1.165, 1.54) is 18.4 Å². The largest absolute Gasteiger partial charge is 0.479 e. The van der Waals surface area contributed by atoms with Crippen molar-refractivity contribution < 1.29 is 14.3 Å². The summed E-state index contributed by atoms with van der Waals surface area (Å²) in [6.45, 7) is 1.88. The highest BCUT2D eigenvalue weighted by Crippen LogP contribution is 2.25. The Bertz CT molecular complexity index is 344. The predicted octanol–water partition coefficient (Wildman–Crippen LogP) is 1.28. The molecule has 1 aromatic heterocycles. The van der Waals surface area contributed by atoms with Gasteiger partial charge in [-0.3, -0.25) is 0 Å². The fourth-order valence-electron chi connectivity index (χ4n) is 1.50. The van der Waals surface area contributed by atoms with Gasteiger partial charge in [0.25, 0.3) is 0 Å². The van der Waals surface area contributed by atoms with Crippen LogP contribution in [-0.4, -0.2) is 32.3 Å². The van der Waals surface area contributed by atoms with Gasteiger partial charge in [-0.2, -0.15) is 0 Å². The zero-order valence-electron chi connectivity index (χ0n) is 8.49. The molecule has 4 nitrogen and oxygen atoms in total. The van der Waals surface area contributed by atoms with E-state index in [9.17, 15) is 4.79 Å². The van der Waals surface area contributed by atoms with Crippen molar-refractivity contribution in [3.63, 3.8) is 0 Å². The van der Waals surface area contributed by atoms with Gasteiger partial charge in [-0.25, -0.2) is 4.79 Å². The van der Waals surface area contributed by atoms with E-state index in [1.54, 1.807) is 11.4 Å². The normalized spacial score (nSPS) is 20.2. The van der Waals surface area contributed by atoms with E-state index in [0.717, 1.165) is 24.6 Å². The van der Waals surface area contributed by atoms with E-state index in [1.807, 2.05) is 0 Å². The minimum absolute atomic E-state index is 0.231. The lowest BCUT2D eigenvalue weighted by atomic mass is 10.3. The molecule has 1 aliphatic heterocycles. The highest BCUT2D eigenvalue weighted by Gasteiger charge is 2.17. The predicted molar refractivity (Wildman–Crippen MR) is 57.6 cm³/mol. The third-order valence-corrected chi connectivity index (χ3v) is 3.11. The Morgan fingerprint density at radius 2 is 2.53 bits per heavy atom. The molecule has 1 atom stereocenters. The zero-order valence-corrected chi connectivity index (χ0v) is 9.30. The van der Waals surface area contributed by atoms with E-state index in [-0.39, 0.29) is 12.1 Å². The van der Waals surface area contributed by atoms with Gasteiger partial charge in [0.1, 0.15) is 6.10 Å². The molecule has 15 heavy (non-hydrogen) atoms. The maximum atomic E-state index is 11.2. The summed E-state index contributed by atoms with van der Waals surface area (Å²) in [5.74, 6) is -0.314. The molecule has 2 rings (SSSR count). The Labute approximate surface area is 92.2 Å². The Morgan fingerprint density at radius 1 is 1.67 bits per heavy atom. The van der Waals surface area contributed by atoms with Gasteiger partial charge in [0.15, 0.2) is 5.06 Å². The summed E-state index contributed by atoms with van der Waals surface area (Å²) in [5.41, 5.74) is 0.559. The lowest BCUT2D eigenvalue weighted by Crippen LogP contribution is -2.19. The van der Waals surface area contributed by atoms with Crippen molar-refractivity contribution in [1.29, 1.82) is 0 Å². The van der Waals surface area contributed by atoms with Crippen LogP contribution in [0.1, 0.15) is 16.8 Å². The summed E-state index contributed by atoms with van der Waals surface area (Å²) < 4.78 is 10.3. The topological polar surface area (TPSA) is 47.6 Å². The number of esters is 1. The van der Waals surface area contributed by atoms with Gasteiger partial charge in [-0.15, -0.1) is 11.3 Å². The molecule has 82 valence electrons. The van der Waals surface area contributed by atoms with Crippen LogP contribution in [0.5, 0.6) is 5.06 Å². The summed E-state index contributed by atoms with van der Waals surface area (Å²) in [5, 5.41) is 5.76. The van der Waals surface area contributed by atoms with E-state index in [4.69, 9.17) is 4.74 Å². The van der Waals surface area contributed by atoms with Crippen LogP contribution in [0, 0.1) is 0 Å². The third-order valence-electron chi connectivity index (χ3n) is 2.29. The van der Waals surface area contributed by atoms with Gasteiger partial charge in [0.2, 0.25) is 0 Å². The molecular formula is C10H13NO3S. The molecule has 1 unspecified atom stereocenters. The number of hydrogen-bond donors (Lipinski definition) is 1. The Hall–Kier alpha value is -1.07. The number of hydrogen-bond acceptors (Lipinski definition) is 5. The molecule has 0 aliphatic carbocycles. The van der Waals surface area contributed by atoms with E-state index in [2.05, 4.69) is 10.1 Å². The van der Waals surface area contributed by atoms with Crippen LogP contribution >= 0.6 is 11.3 Å². The standard InChI is InChI=1S/C10H13NO3S/c1-13-10(12)7-4-9(15-6-7)14-8-2-3-11-5-8/h4,6,8,11H,2-3,5H2,1H3. The van der Waals surface area contributed by atoms with Crippen LogP contribution in [0.2, 0.25) is 0 Å². The molecule has 1 saturated heterocycles. The van der Waals surface area contributed by atoms with Crippen LogP contribution < -0.4 is 10.1 Å². The van der Waals surface area contributed by atoms with Gasteiger partial charge < -0.3 is 14.8 Å². The molecular weight excluding hydrogens is 214 g/mol. The fraction of sp³-hybridized carbons (Fsp3) is 0.500. The van der Waals surface area contributed by atoms with Gasteiger partial charge >= 0.3 is 5.97 Å². The van der Waals surface area contributed by atoms with E-state index in [0.29, 0.717) is 5.56 Å².